The summed E-state index contributed by atoms with van der Waals surface area (Å²) >= 11 is 0. The average Bonchev–Trinajstić information content (AvgIpc) is 2.81. The zero-order chi connectivity index (χ0) is 17.3. The molecule has 0 fully saturated rings. The Bertz CT molecular complexity index is 964. The van der Waals surface area contributed by atoms with Crippen LogP contribution in [0.15, 0.2) is 51.9 Å². The summed E-state index contributed by atoms with van der Waals surface area (Å²) in [6.07, 6.45) is 4.21. The van der Waals surface area contributed by atoms with Gasteiger partial charge in [0.1, 0.15) is 0 Å². The zero-order valence-corrected chi connectivity index (χ0v) is 13.5. The van der Waals surface area contributed by atoms with Gasteiger partial charge in [-0.3, -0.25) is 19.5 Å². The Hall–Kier alpha value is -3.05. The second-order valence-electron chi connectivity index (χ2n) is 5.22. The SMILES string of the molecule is CS(=O)(=NC#N)c1ccc(CN2C(=O)c3ccccc3C2=O)nc1. The minimum Gasteiger partial charge on any atom is -0.269 e. The Labute approximate surface area is 138 Å². The third kappa shape index (κ3) is 2.66. The van der Waals surface area contributed by atoms with Crippen LogP contribution >= 0.6 is 0 Å². The van der Waals surface area contributed by atoms with E-state index in [0.717, 1.165) is 4.90 Å². The van der Waals surface area contributed by atoms with E-state index in [-0.39, 0.29) is 18.4 Å². The lowest BCUT2D eigenvalue weighted by atomic mass is 10.1. The highest BCUT2D eigenvalue weighted by atomic mass is 32.2. The molecular formula is C16H12N4O3S. The number of pyridine rings is 1. The molecule has 0 spiro atoms. The fourth-order valence-corrected chi connectivity index (χ4v) is 3.23. The molecule has 1 aliphatic heterocycles. The molecule has 1 aromatic carbocycles. The molecular weight excluding hydrogens is 328 g/mol. The van der Waals surface area contributed by atoms with Gasteiger partial charge in [-0.2, -0.15) is 5.26 Å². The molecule has 1 aliphatic rings. The smallest absolute Gasteiger partial charge is 0.261 e. The number of nitriles is 1. The number of fused-ring (bicyclic) bond motifs is 1. The second kappa shape index (κ2) is 5.86. The molecule has 1 aromatic heterocycles. The number of amides is 2. The molecule has 120 valence electrons. The summed E-state index contributed by atoms with van der Waals surface area (Å²) in [7, 11) is -2.82. The molecule has 0 bridgehead atoms. The van der Waals surface area contributed by atoms with Crippen molar-refractivity contribution in [3.8, 4) is 6.19 Å². The highest BCUT2D eigenvalue weighted by Crippen LogP contribution is 2.24. The first-order valence-corrected chi connectivity index (χ1v) is 8.87. The van der Waals surface area contributed by atoms with Gasteiger partial charge in [0.2, 0.25) is 6.19 Å². The molecule has 0 saturated carbocycles. The number of benzene rings is 1. The van der Waals surface area contributed by atoms with Crippen molar-refractivity contribution >= 4 is 21.5 Å². The van der Waals surface area contributed by atoms with Crippen molar-refractivity contribution < 1.29 is 13.8 Å². The van der Waals surface area contributed by atoms with Crippen LogP contribution in [0.2, 0.25) is 0 Å². The monoisotopic (exact) mass is 340 g/mol. The van der Waals surface area contributed by atoms with Crippen LogP contribution in [-0.4, -0.2) is 32.2 Å². The molecule has 3 rings (SSSR count). The molecule has 1 unspecified atom stereocenters. The van der Waals surface area contributed by atoms with Crippen molar-refractivity contribution in [3.63, 3.8) is 0 Å². The quantitative estimate of drug-likeness (QED) is 0.626. The van der Waals surface area contributed by atoms with Gasteiger partial charge in [0, 0.05) is 12.5 Å². The lowest BCUT2D eigenvalue weighted by Gasteiger charge is -2.13. The van der Waals surface area contributed by atoms with Crippen LogP contribution in [0.25, 0.3) is 0 Å². The van der Waals surface area contributed by atoms with Crippen LogP contribution < -0.4 is 0 Å². The number of carbonyl (C=O) groups excluding carboxylic acids is 2. The summed E-state index contributed by atoms with van der Waals surface area (Å²) in [5, 5.41) is 8.55. The average molecular weight is 340 g/mol. The molecule has 8 heteroatoms. The van der Waals surface area contributed by atoms with E-state index < -0.39 is 9.73 Å². The Kier molecular flexibility index (Phi) is 3.87. The van der Waals surface area contributed by atoms with Crippen molar-refractivity contribution in [2.75, 3.05) is 6.26 Å². The number of nitrogens with zero attached hydrogens (tertiary/aromatic N) is 4. The van der Waals surface area contributed by atoms with Crippen LogP contribution in [0.3, 0.4) is 0 Å². The van der Waals surface area contributed by atoms with E-state index >= 15 is 0 Å². The van der Waals surface area contributed by atoms with E-state index in [4.69, 9.17) is 5.26 Å². The van der Waals surface area contributed by atoms with Crippen molar-refractivity contribution in [2.24, 2.45) is 4.36 Å². The van der Waals surface area contributed by atoms with E-state index in [9.17, 15) is 13.8 Å². The van der Waals surface area contributed by atoms with E-state index in [1.165, 1.54) is 24.7 Å². The number of hydrogen-bond acceptors (Lipinski definition) is 6. The predicted octanol–water partition coefficient (Wildman–Crippen LogP) is 1.82. The standard InChI is InChI=1S/C16H12N4O3S/c1-24(23,19-10-17)12-7-6-11(18-8-12)9-20-15(21)13-4-2-3-5-14(13)16(20)22/h2-8H,9H2,1H3. The van der Waals surface area contributed by atoms with E-state index in [1.807, 2.05) is 0 Å². The fraction of sp³-hybridized carbons (Fsp3) is 0.125. The van der Waals surface area contributed by atoms with Crippen LogP contribution in [0.5, 0.6) is 0 Å². The van der Waals surface area contributed by atoms with Gasteiger partial charge < -0.3 is 0 Å². The van der Waals surface area contributed by atoms with Gasteiger partial charge in [-0.15, -0.1) is 4.36 Å². The summed E-state index contributed by atoms with van der Waals surface area (Å²) in [6, 6.07) is 9.73. The topological polar surface area (TPSA) is 103 Å². The molecule has 0 saturated heterocycles. The van der Waals surface area contributed by atoms with Crippen molar-refractivity contribution in [1.82, 2.24) is 9.88 Å². The van der Waals surface area contributed by atoms with Crippen LogP contribution in [0, 0.1) is 11.5 Å². The zero-order valence-electron chi connectivity index (χ0n) is 12.7. The molecule has 0 aliphatic carbocycles. The second-order valence-corrected chi connectivity index (χ2v) is 7.48. The van der Waals surface area contributed by atoms with Gasteiger partial charge >= 0.3 is 0 Å². The molecule has 2 amide bonds. The lowest BCUT2D eigenvalue weighted by molar-refractivity contribution is 0.0640. The maximum absolute atomic E-state index is 12.3. The summed E-state index contributed by atoms with van der Waals surface area (Å²) in [5.41, 5.74) is 1.23. The van der Waals surface area contributed by atoms with Gasteiger partial charge in [0.05, 0.1) is 38.0 Å². The molecule has 24 heavy (non-hydrogen) atoms. The number of aromatic nitrogens is 1. The van der Waals surface area contributed by atoms with Gasteiger partial charge in [-0.05, 0) is 24.3 Å². The van der Waals surface area contributed by atoms with Crippen molar-refractivity contribution in [3.05, 3.63) is 59.4 Å². The lowest BCUT2D eigenvalue weighted by Crippen LogP contribution is -2.29. The van der Waals surface area contributed by atoms with Gasteiger partial charge in [-0.1, -0.05) is 12.1 Å². The van der Waals surface area contributed by atoms with E-state index in [1.54, 1.807) is 30.3 Å². The molecule has 0 N–H and O–H groups in total. The highest BCUT2D eigenvalue weighted by Gasteiger charge is 2.35. The Balaban J connectivity index is 1.85. The summed E-state index contributed by atoms with van der Waals surface area (Å²) in [5.74, 6) is -0.722. The van der Waals surface area contributed by atoms with Gasteiger partial charge in [0.25, 0.3) is 11.8 Å². The van der Waals surface area contributed by atoms with Crippen molar-refractivity contribution in [1.29, 1.82) is 5.26 Å². The fourth-order valence-electron chi connectivity index (χ4n) is 2.40. The number of carbonyl (C=O) groups is 2. The molecule has 7 nitrogen and oxygen atoms in total. The predicted molar refractivity (Wildman–Crippen MR) is 85.3 cm³/mol. The van der Waals surface area contributed by atoms with Gasteiger partial charge in [-0.25, -0.2) is 4.21 Å². The van der Waals surface area contributed by atoms with Crippen LogP contribution in [0.4, 0.5) is 0 Å². The van der Waals surface area contributed by atoms with Crippen LogP contribution in [0.1, 0.15) is 26.4 Å². The minimum absolute atomic E-state index is 0.0208. The Morgan fingerprint density at radius 1 is 1.17 bits per heavy atom. The summed E-state index contributed by atoms with van der Waals surface area (Å²) in [4.78, 5) is 30.2. The largest absolute Gasteiger partial charge is 0.269 e. The van der Waals surface area contributed by atoms with E-state index in [0.29, 0.717) is 21.7 Å². The first kappa shape index (κ1) is 15.8. The molecule has 2 aromatic rings. The number of rotatable bonds is 3. The first-order chi connectivity index (χ1) is 11.4. The van der Waals surface area contributed by atoms with E-state index in [2.05, 4.69) is 9.35 Å². The molecule has 1 atom stereocenters. The van der Waals surface area contributed by atoms with Crippen LogP contribution in [-0.2, 0) is 16.3 Å². The van der Waals surface area contributed by atoms with Gasteiger partial charge in [0.15, 0.2) is 0 Å². The first-order valence-electron chi connectivity index (χ1n) is 6.94. The summed E-state index contributed by atoms with van der Waals surface area (Å²) < 4.78 is 15.5. The normalized spacial score (nSPS) is 15.6. The highest BCUT2D eigenvalue weighted by molar-refractivity contribution is 7.93. The Morgan fingerprint density at radius 2 is 1.79 bits per heavy atom. The summed E-state index contributed by atoms with van der Waals surface area (Å²) in [6.45, 7) is 0.0208. The van der Waals surface area contributed by atoms with Crippen molar-refractivity contribution in [2.45, 2.75) is 11.4 Å². The molecule has 0 radical (unpaired) electrons. The third-order valence-electron chi connectivity index (χ3n) is 3.65. The Morgan fingerprint density at radius 3 is 2.29 bits per heavy atom. The third-order valence-corrected chi connectivity index (χ3v) is 5.19. The molecule has 2 heterocycles. The minimum atomic E-state index is -2.82. The number of hydrogen-bond donors (Lipinski definition) is 0. The number of imide groups is 1. The maximum Gasteiger partial charge on any atom is 0.261 e. The maximum atomic E-state index is 12.3.